The second kappa shape index (κ2) is 5.59. The molecular formula is C21H28O2. The molecule has 0 radical (unpaired) electrons. The number of benzene rings is 2. The van der Waals surface area contributed by atoms with Crippen LogP contribution in [0.2, 0.25) is 0 Å². The molecule has 23 heavy (non-hydrogen) atoms. The van der Waals surface area contributed by atoms with Gasteiger partial charge in [0.25, 0.3) is 0 Å². The van der Waals surface area contributed by atoms with Gasteiger partial charge in [0.2, 0.25) is 0 Å². The summed E-state index contributed by atoms with van der Waals surface area (Å²) in [5.41, 5.74) is 4.43. The van der Waals surface area contributed by atoms with Crippen LogP contribution < -0.4 is 0 Å². The van der Waals surface area contributed by atoms with E-state index >= 15 is 0 Å². The van der Waals surface area contributed by atoms with Crippen molar-refractivity contribution < 1.29 is 10.2 Å². The summed E-state index contributed by atoms with van der Waals surface area (Å²) in [5, 5.41) is 20.9. The van der Waals surface area contributed by atoms with Crippen LogP contribution in [-0.2, 0) is 10.8 Å². The Morgan fingerprint density at radius 3 is 1.74 bits per heavy atom. The van der Waals surface area contributed by atoms with Gasteiger partial charge in [-0.1, -0.05) is 53.7 Å². The molecule has 0 saturated heterocycles. The third-order valence-corrected chi connectivity index (χ3v) is 4.32. The van der Waals surface area contributed by atoms with Crippen molar-refractivity contribution in [1.82, 2.24) is 0 Å². The first kappa shape index (κ1) is 17.4. The van der Waals surface area contributed by atoms with Crippen LogP contribution in [0.4, 0.5) is 0 Å². The van der Waals surface area contributed by atoms with Crippen LogP contribution in [0.3, 0.4) is 0 Å². The van der Waals surface area contributed by atoms with Gasteiger partial charge in [-0.25, -0.2) is 0 Å². The maximum Gasteiger partial charge on any atom is 0.126 e. The van der Waals surface area contributed by atoms with Crippen molar-refractivity contribution in [3.05, 3.63) is 47.0 Å². The summed E-state index contributed by atoms with van der Waals surface area (Å²) in [7, 11) is 0. The highest BCUT2D eigenvalue weighted by Gasteiger charge is 2.21. The Kier molecular flexibility index (Phi) is 4.23. The van der Waals surface area contributed by atoms with Gasteiger partial charge in [0.1, 0.15) is 11.5 Å². The van der Waals surface area contributed by atoms with E-state index in [1.807, 2.05) is 31.2 Å². The normalized spacial score (nSPS) is 12.5. The molecule has 0 saturated carbocycles. The molecule has 0 aliphatic rings. The molecule has 0 unspecified atom stereocenters. The summed E-state index contributed by atoms with van der Waals surface area (Å²) < 4.78 is 0. The number of rotatable bonds is 1. The van der Waals surface area contributed by atoms with Gasteiger partial charge in [-0.15, -0.1) is 0 Å². The van der Waals surface area contributed by atoms with Crippen LogP contribution in [0.15, 0.2) is 30.3 Å². The second-order valence-corrected chi connectivity index (χ2v) is 8.42. The van der Waals surface area contributed by atoms with Gasteiger partial charge < -0.3 is 10.2 Å². The quantitative estimate of drug-likeness (QED) is 0.712. The summed E-state index contributed by atoms with van der Waals surface area (Å²) in [6.07, 6.45) is 0. The van der Waals surface area contributed by atoms with E-state index in [0.29, 0.717) is 11.1 Å². The summed E-state index contributed by atoms with van der Waals surface area (Å²) in [6, 6.07) is 9.65. The molecule has 2 nitrogen and oxygen atoms in total. The third-order valence-electron chi connectivity index (χ3n) is 4.32. The fraction of sp³-hybridized carbons (Fsp3) is 0.429. The lowest BCUT2D eigenvalue weighted by atomic mass is 9.82. The van der Waals surface area contributed by atoms with E-state index in [-0.39, 0.29) is 22.3 Å². The largest absolute Gasteiger partial charge is 0.507 e. The van der Waals surface area contributed by atoms with Crippen molar-refractivity contribution in [3.63, 3.8) is 0 Å². The summed E-state index contributed by atoms with van der Waals surface area (Å²) in [6.45, 7) is 14.8. The van der Waals surface area contributed by atoms with Crippen LogP contribution in [0.25, 0.3) is 11.1 Å². The Labute approximate surface area is 139 Å². The minimum Gasteiger partial charge on any atom is -0.507 e. The first-order chi connectivity index (χ1) is 10.4. The van der Waals surface area contributed by atoms with Gasteiger partial charge in [-0.2, -0.15) is 0 Å². The third kappa shape index (κ3) is 3.52. The first-order valence-electron chi connectivity index (χ1n) is 8.09. The predicted octanol–water partition coefficient (Wildman–Crippen LogP) is 5.67. The first-order valence-corrected chi connectivity index (χ1v) is 8.09. The van der Waals surface area contributed by atoms with Gasteiger partial charge in [-0.05, 0) is 52.6 Å². The molecule has 124 valence electrons. The highest BCUT2D eigenvalue weighted by atomic mass is 16.3. The van der Waals surface area contributed by atoms with Crippen LogP contribution >= 0.6 is 0 Å². The van der Waals surface area contributed by atoms with E-state index in [1.54, 1.807) is 6.07 Å². The van der Waals surface area contributed by atoms with E-state index in [0.717, 1.165) is 16.7 Å². The average molecular weight is 312 g/mol. The highest BCUT2D eigenvalue weighted by Crippen LogP contribution is 2.41. The molecule has 2 aromatic rings. The van der Waals surface area contributed by atoms with Gasteiger partial charge in [0, 0.05) is 11.1 Å². The Hall–Kier alpha value is -1.96. The molecule has 0 spiro atoms. The van der Waals surface area contributed by atoms with Gasteiger partial charge in [-0.3, -0.25) is 0 Å². The number of aryl methyl sites for hydroxylation is 1. The molecule has 0 amide bonds. The Balaban J connectivity index is 2.74. The Bertz CT molecular complexity index is 729. The van der Waals surface area contributed by atoms with Crippen molar-refractivity contribution in [3.8, 4) is 22.6 Å². The van der Waals surface area contributed by atoms with Crippen LogP contribution in [0.1, 0.15) is 58.2 Å². The molecule has 0 aliphatic heterocycles. The minimum atomic E-state index is -0.0233. The lowest BCUT2D eigenvalue weighted by Gasteiger charge is -2.23. The van der Waals surface area contributed by atoms with Gasteiger partial charge >= 0.3 is 0 Å². The number of aromatic hydroxyl groups is 2. The van der Waals surface area contributed by atoms with Crippen molar-refractivity contribution in [1.29, 1.82) is 0 Å². The van der Waals surface area contributed by atoms with Crippen molar-refractivity contribution >= 4 is 0 Å². The molecular weight excluding hydrogens is 284 g/mol. The maximum atomic E-state index is 10.5. The fourth-order valence-corrected chi connectivity index (χ4v) is 2.64. The molecule has 0 aliphatic carbocycles. The standard InChI is InChI=1S/C21H28O2/c1-13-10-15(21(5,6)7)12-17(19(13)23)16-11-14(20(2,3)4)8-9-18(16)22/h8-12,22-23H,1-7H3. The lowest BCUT2D eigenvalue weighted by molar-refractivity contribution is 0.465. The number of hydrogen-bond acceptors (Lipinski definition) is 2. The van der Waals surface area contributed by atoms with Crippen LogP contribution in [0.5, 0.6) is 11.5 Å². The van der Waals surface area contributed by atoms with Crippen molar-refractivity contribution in [2.24, 2.45) is 0 Å². The number of hydrogen-bond donors (Lipinski definition) is 2. The zero-order valence-corrected chi connectivity index (χ0v) is 15.3. The molecule has 2 aromatic carbocycles. The highest BCUT2D eigenvalue weighted by molar-refractivity contribution is 5.78. The Morgan fingerprint density at radius 1 is 0.696 bits per heavy atom. The molecule has 0 fully saturated rings. The Morgan fingerprint density at radius 2 is 1.22 bits per heavy atom. The molecule has 2 N–H and O–H groups in total. The maximum absolute atomic E-state index is 10.5. The molecule has 0 aromatic heterocycles. The smallest absolute Gasteiger partial charge is 0.126 e. The molecule has 0 atom stereocenters. The van der Waals surface area contributed by atoms with E-state index in [9.17, 15) is 10.2 Å². The van der Waals surface area contributed by atoms with Gasteiger partial charge in [0.05, 0.1) is 0 Å². The fourth-order valence-electron chi connectivity index (χ4n) is 2.64. The van der Waals surface area contributed by atoms with Gasteiger partial charge in [0.15, 0.2) is 0 Å². The molecule has 0 bridgehead atoms. The topological polar surface area (TPSA) is 40.5 Å². The number of phenolic OH excluding ortho intramolecular Hbond substituents is 2. The van der Waals surface area contributed by atoms with E-state index in [4.69, 9.17) is 0 Å². The van der Waals surface area contributed by atoms with E-state index in [2.05, 4.69) is 41.5 Å². The zero-order valence-electron chi connectivity index (χ0n) is 15.3. The molecule has 2 heteroatoms. The van der Waals surface area contributed by atoms with Crippen LogP contribution in [-0.4, -0.2) is 10.2 Å². The molecule has 2 rings (SSSR count). The minimum absolute atomic E-state index is 0.0191. The SMILES string of the molecule is Cc1cc(C(C)(C)C)cc(-c2cc(C(C)(C)C)ccc2O)c1O. The van der Waals surface area contributed by atoms with E-state index < -0.39 is 0 Å². The number of phenols is 2. The summed E-state index contributed by atoms with van der Waals surface area (Å²) in [4.78, 5) is 0. The second-order valence-electron chi connectivity index (χ2n) is 8.42. The summed E-state index contributed by atoms with van der Waals surface area (Å²) >= 11 is 0. The van der Waals surface area contributed by atoms with Crippen molar-refractivity contribution in [2.45, 2.75) is 59.3 Å². The predicted molar refractivity (Wildman–Crippen MR) is 97.3 cm³/mol. The van der Waals surface area contributed by atoms with Crippen LogP contribution in [0, 0.1) is 6.92 Å². The monoisotopic (exact) mass is 312 g/mol. The zero-order chi connectivity index (χ0) is 17.6. The average Bonchev–Trinajstić information content (AvgIpc) is 2.40. The summed E-state index contributed by atoms with van der Waals surface area (Å²) in [5.74, 6) is 0.429. The van der Waals surface area contributed by atoms with Crippen molar-refractivity contribution in [2.75, 3.05) is 0 Å². The van der Waals surface area contributed by atoms with E-state index in [1.165, 1.54) is 0 Å². The molecule has 0 heterocycles. The lowest BCUT2D eigenvalue weighted by Crippen LogP contribution is -2.12.